The quantitative estimate of drug-likeness (QED) is 0.636. The second-order valence-corrected chi connectivity index (χ2v) is 5.36. The van der Waals surface area contributed by atoms with Crippen molar-refractivity contribution in [3.8, 4) is 11.5 Å². The number of hydrazone groups is 1. The van der Waals surface area contributed by atoms with Crippen molar-refractivity contribution in [1.82, 2.24) is 5.43 Å². The van der Waals surface area contributed by atoms with Gasteiger partial charge in [-0.1, -0.05) is 38.1 Å². The summed E-state index contributed by atoms with van der Waals surface area (Å²) in [5, 5.41) is 13.3. The fourth-order valence-electron chi connectivity index (χ4n) is 1.90. The SMILES string of the molecule is CC(C)c1ccc(OCC(=O)N/N=C\c2ccccc2O)cc1. The van der Waals surface area contributed by atoms with Crippen molar-refractivity contribution in [2.24, 2.45) is 5.10 Å². The molecule has 0 aromatic heterocycles. The Balaban J connectivity index is 1.80. The standard InChI is InChI=1S/C18H20N2O3/c1-13(2)14-7-9-16(10-8-14)23-12-18(22)20-19-11-15-5-3-4-6-17(15)21/h3-11,13,21H,12H2,1-2H3,(H,20,22)/b19-11-. The van der Waals surface area contributed by atoms with Gasteiger partial charge in [0.25, 0.3) is 5.91 Å². The predicted octanol–water partition coefficient (Wildman–Crippen LogP) is 3.04. The lowest BCUT2D eigenvalue weighted by Gasteiger charge is -2.08. The van der Waals surface area contributed by atoms with E-state index in [9.17, 15) is 9.90 Å². The molecule has 120 valence electrons. The second kappa shape index (κ2) is 7.98. The van der Waals surface area contributed by atoms with Crippen LogP contribution in [0.2, 0.25) is 0 Å². The summed E-state index contributed by atoms with van der Waals surface area (Å²) in [5.74, 6) is 0.821. The summed E-state index contributed by atoms with van der Waals surface area (Å²) >= 11 is 0. The van der Waals surface area contributed by atoms with Gasteiger partial charge in [-0.05, 0) is 35.7 Å². The predicted molar refractivity (Wildman–Crippen MR) is 89.9 cm³/mol. The van der Waals surface area contributed by atoms with Gasteiger partial charge < -0.3 is 9.84 Å². The van der Waals surface area contributed by atoms with Crippen LogP contribution in [0, 0.1) is 0 Å². The van der Waals surface area contributed by atoms with Crippen LogP contribution in [0.25, 0.3) is 0 Å². The number of carbonyl (C=O) groups is 1. The number of amides is 1. The molecule has 0 aliphatic carbocycles. The van der Waals surface area contributed by atoms with Crippen molar-refractivity contribution in [2.75, 3.05) is 6.61 Å². The summed E-state index contributed by atoms with van der Waals surface area (Å²) in [6.07, 6.45) is 1.38. The average Bonchev–Trinajstić information content (AvgIpc) is 2.55. The molecule has 1 amide bonds. The molecule has 0 unspecified atom stereocenters. The van der Waals surface area contributed by atoms with Gasteiger partial charge >= 0.3 is 0 Å². The largest absolute Gasteiger partial charge is 0.507 e. The number of benzene rings is 2. The molecule has 0 saturated heterocycles. The Hall–Kier alpha value is -2.82. The van der Waals surface area contributed by atoms with E-state index in [0.29, 0.717) is 17.2 Å². The van der Waals surface area contributed by atoms with E-state index in [1.807, 2.05) is 24.3 Å². The van der Waals surface area contributed by atoms with Crippen LogP contribution in [0.1, 0.15) is 30.9 Å². The Morgan fingerprint density at radius 1 is 1.22 bits per heavy atom. The van der Waals surface area contributed by atoms with Gasteiger partial charge in [0.2, 0.25) is 0 Å². The Kier molecular flexibility index (Phi) is 5.74. The maximum absolute atomic E-state index is 11.7. The third kappa shape index (κ3) is 5.14. The van der Waals surface area contributed by atoms with Crippen molar-refractivity contribution in [3.63, 3.8) is 0 Å². The number of ether oxygens (including phenoxy) is 1. The zero-order chi connectivity index (χ0) is 16.7. The third-order valence-electron chi connectivity index (χ3n) is 3.25. The molecular formula is C18H20N2O3. The van der Waals surface area contributed by atoms with Crippen LogP contribution in [0.3, 0.4) is 0 Å². The summed E-state index contributed by atoms with van der Waals surface area (Å²) in [6, 6.07) is 14.4. The lowest BCUT2D eigenvalue weighted by molar-refractivity contribution is -0.123. The van der Waals surface area contributed by atoms with E-state index in [1.165, 1.54) is 11.8 Å². The van der Waals surface area contributed by atoms with Gasteiger partial charge in [-0.15, -0.1) is 0 Å². The van der Waals surface area contributed by atoms with Gasteiger partial charge in [-0.3, -0.25) is 4.79 Å². The highest BCUT2D eigenvalue weighted by molar-refractivity contribution is 5.85. The minimum atomic E-state index is -0.371. The minimum Gasteiger partial charge on any atom is -0.507 e. The van der Waals surface area contributed by atoms with Gasteiger partial charge in [-0.25, -0.2) is 5.43 Å². The highest BCUT2D eigenvalue weighted by Crippen LogP contribution is 2.18. The Morgan fingerprint density at radius 2 is 1.91 bits per heavy atom. The lowest BCUT2D eigenvalue weighted by atomic mass is 10.0. The summed E-state index contributed by atoms with van der Waals surface area (Å²) in [5.41, 5.74) is 4.10. The summed E-state index contributed by atoms with van der Waals surface area (Å²) < 4.78 is 5.39. The molecule has 0 spiro atoms. The molecule has 0 fully saturated rings. The highest BCUT2D eigenvalue weighted by Gasteiger charge is 2.03. The number of rotatable bonds is 6. The van der Waals surface area contributed by atoms with E-state index in [-0.39, 0.29) is 18.3 Å². The van der Waals surface area contributed by atoms with Gasteiger partial charge in [0.15, 0.2) is 6.61 Å². The van der Waals surface area contributed by atoms with E-state index >= 15 is 0 Å². The number of phenolic OH excluding ortho intramolecular Hbond substituents is 1. The number of aromatic hydroxyl groups is 1. The fourth-order valence-corrected chi connectivity index (χ4v) is 1.90. The van der Waals surface area contributed by atoms with Crippen molar-refractivity contribution in [2.45, 2.75) is 19.8 Å². The smallest absolute Gasteiger partial charge is 0.277 e. The van der Waals surface area contributed by atoms with Gasteiger partial charge in [0.05, 0.1) is 6.21 Å². The molecule has 2 N–H and O–H groups in total. The summed E-state index contributed by atoms with van der Waals surface area (Å²) in [7, 11) is 0. The van der Waals surface area contributed by atoms with Crippen LogP contribution in [0.15, 0.2) is 53.6 Å². The molecule has 0 aliphatic heterocycles. The zero-order valence-corrected chi connectivity index (χ0v) is 13.2. The van der Waals surface area contributed by atoms with E-state index in [4.69, 9.17) is 4.74 Å². The molecule has 0 saturated carbocycles. The molecule has 0 bridgehead atoms. The van der Waals surface area contributed by atoms with Crippen LogP contribution < -0.4 is 10.2 Å². The first kappa shape index (κ1) is 16.5. The average molecular weight is 312 g/mol. The number of carbonyl (C=O) groups excluding carboxylic acids is 1. The molecule has 0 atom stereocenters. The van der Waals surface area contributed by atoms with Gasteiger partial charge in [-0.2, -0.15) is 5.10 Å². The van der Waals surface area contributed by atoms with Gasteiger partial charge in [0.1, 0.15) is 11.5 Å². The first-order chi connectivity index (χ1) is 11.1. The molecule has 0 heterocycles. The highest BCUT2D eigenvalue weighted by atomic mass is 16.5. The topological polar surface area (TPSA) is 70.9 Å². The molecule has 0 radical (unpaired) electrons. The third-order valence-corrected chi connectivity index (χ3v) is 3.25. The number of hydrogen-bond donors (Lipinski definition) is 2. The summed E-state index contributed by atoms with van der Waals surface area (Å²) in [4.78, 5) is 11.7. The molecule has 23 heavy (non-hydrogen) atoms. The lowest BCUT2D eigenvalue weighted by Crippen LogP contribution is -2.24. The zero-order valence-electron chi connectivity index (χ0n) is 13.2. The van der Waals surface area contributed by atoms with Crippen LogP contribution in [0.4, 0.5) is 0 Å². The van der Waals surface area contributed by atoms with Crippen LogP contribution >= 0.6 is 0 Å². The van der Waals surface area contributed by atoms with Crippen LogP contribution in [-0.2, 0) is 4.79 Å². The number of nitrogens with one attached hydrogen (secondary N) is 1. The summed E-state index contributed by atoms with van der Waals surface area (Å²) in [6.45, 7) is 4.11. The van der Waals surface area contributed by atoms with Crippen molar-refractivity contribution in [3.05, 3.63) is 59.7 Å². The van der Waals surface area contributed by atoms with E-state index in [1.54, 1.807) is 24.3 Å². The first-order valence-corrected chi connectivity index (χ1v) is 7.39. The maximum Gasteiger partial charge on any atom is 0.277 e. The minimum absolute atomic E-state index is 0.104. The van der Waals surface area contributed by atoms with Crippen LogP contribution in [-0.4, -0.2) is 23.8 Å². The number of phenols is 1. The Bertz CT molecular complexity index is 679. The van der Waals surface area contributed by atoms with E-state index in [2.05, 4.69) is 24.4 Å². The number of para-hydroxylation sites is 1. The maximum atomic E-state index is 11.7. The Labute approximate surface area is 135 Å². The van der Waals surface area contributed by atoms with Crippen molar-refractivity contribution in [1.29, 1.82) is 0 Å². The van der Waals surface area contributed by atoms with E-state index < -0.39 is 0 Å². The monoisotopic (exact) mass is 312 g/mol. The molecule has 2 aromatic rings. The fraction of sp³-hybridized carbons (Fsp3) is 0.222. The molecule has 0 aliphatic rings. The number of nitrogens with zero attached hydrogens (tertiary/aromatic N) is 1. The molecule has 2 aromatic carbocycles. The van der Waals surface area contributed by atoms with Crippen molar-refractivity contribution >= 4 is 12.1 Å². The first-order valence-electron chi connectivity index (χ1n) is 7.39. The molecule has 5 nitrogen and oxygen atoms in total. The van der Waals surface area contributed by atoms with Crippen molar-refractivity contribution < 1.29 is 14.6 Å². The molecule has 5 heteroatoms. The van der Waals surface area contributed by atoms with Crippen LogP contribution in [0.5, 0.6) is 11.5 Å². The number of hydrogen-bond acceptors (Lipinski definition) is 4. The van der Waals surface area contributed by atoms with E-state index in [0.717, 1.165) is 0 Å². The Morgan fingerprint density at radius 3 is 2.57 bits per heavy atom. The molecule has 2 rings (SSSR count). The van der Waals surface area contributed by atoms with Gasteiger partial charge in [0, 0.05) is 5.56 Å². The second-order valence-electron chi connectivity index (χ2n) is 5.36. The normalized spacial score (nSPS) is 10.9. The molecular weight excluding hydrogens is 292 g/mol.